The predicted molar refractivity (Wildman–Crippen MR) is 85.9 cm³/mol. The normalized spacial score (nSPS) is 22.7. The van der Waals surface area contributed by atoms with E-state index in [9.17, 15) is 5.11 Å². The largest absolute Gasteiger partial charge is 0.393 e. The van der Waals surface area contributed by atoms with Crippen molar-refractivity contribution in [3.05, 3.63) is 16.4 Å². The Morgan fingerprint density at radius 2 is 2.10 bits per heavy atom. The van der Waals surface area contributed by atoms with E-state index in [2.05, 4.69) is 29.0 Å². The van der Waals surface area contributed by atoms with Crippen LogP contribution in [0.5, 0.6) is 0 Å². The second-order valence-electron chi connectivity index (χ2n) is 6.15. The number of hydrogen-bond donors (Lipinski definition) is 1. The van der Waals surface area contributed by atoms with E-state index in [1.54, 1.807) is 0 Å². The highest BCUT2D eigenvalue weighted by molar-refractivity contribution is 6.31. The van der Waals surface area contributed by atoms with Crippen molar-refractivity contribution in [3.63, 3.8) is 0 Å². The lowest BCUT2D eigenvalue weighted by Crippen LogP contribution is -2.51. The third-order valence-electron chi connectivity index (χ3n) is 4.41. The summed E-state index contributed by atoms with van der Waals surface area (Å²) < 4.78 is 1.90. The number of aryl methyl sites for hydroxylation is 2. The van der Waals surface area contributed by atoms with Crippen molar-refractivity contribution in [1.82, 2.24) is 19.6 Å². The summed E-state index contributed by atoms with van der Waals surface area (Å²) in [4.78, 5) is 4.66. The van der Waals surface area contributed by atoms with Gasteiger partial charge in [-0.15, -0.1) is 0 Å². The topological polar surface area (TPSA) is 44.5 Å². The first-order valence-electron chi connectivity index (χ1n) is 7.71. The van der Waals surface area contributed by atoms with Crippen LogP contribution in [0.15, 0.2) is 0 Å². The Labute approximate surface area is 132 Å². The fourth-order valence-corrected chi connectivity index (χ4v) is 3.25. The molecule has 0 spiro atoms. The Bertz CT molecular complexity index is 476. The summed E-state index contributed by atoms with van der Waals surface area (Å²) in [5.74, 6) is 0. The van der Waals surface area contributed by atoms with Crippen LogP contribution in [-0.2, 0) is 13.0 Å². The molecule has 1 aromatic rings. The van der Waals surface area contributed by atoms with Crippen LogP contribution in [0, 0.1) is 6.92 Å². The van der Waals surface area contributed by atoms with Crippen molar-refractivity contribution in [2.75, 3.05) is 33.7 Å². The first-order valence-corrected chi connectivity index (χ1v) is 8.08. The molecule has 2 rings (SSSR count). The second kappa shape index (κ2) is 7.09. The molecule has 5 nitrogen and oxygen atoms in total. The molecule has 2 atom stereocenters. The molecule has 2 heterocycles. The Morgan fingerprint density at radius 3 is 2.76 bits per heavy atom. The second-order valence-corrected chi connectivity index (χ2v) is 6.53. The van der Waals surface area contributed by atoms with Gasteiger partial charge in [0.05, 0.1) is 22.5 Å². The van der Waals surface area contributed by atoms with Crippen LogP contribution >= 0.6 is 11.6 Å². The summed E-state index contributed by atoms with van der Waals surface area (Å²) in [6.45, 7) is 7.89. The van der Waals surface area contributed by atoms with Gasteiger partial charge in [0.2, 0.25) is 0 Å². The van der Waals surface area contributed by atoms with Crippen LogP contribution in [-0.4, -0.2) is 70.6 Å². The van der Waals surface area contributed by atoms with Gasteiger partial charge in [0.15, 0.2) is 0 Å². The molecule has 1 aliphatic rings. The van der Waals surface area contributed by atoms with Crippen molar-refractivity contribution in [2.45, 2.75) is 45.4 Å². The number of aromatic nitrogens is 2. The molecule has 21 heavy (non-hydrogen) atoms. The van der Waals surface area contributed by atoms with Crippen LogP contribution in [0.25, 0.3) is 0 Å². The van der Waals surface area contributed by atoms with Gasteiger partial charge in [-0.3, -0.25) is 4.68 Å². The van der Waals surface area contributed by atoms with Crippen LogP contribution in [0.2, 0.25) is 5.02 Å². The number of piperazine rings is 1. The van der Waals surface area contributed by atoms with Gasteiger partial charge in [0.1, 0.15) is 0 Å². The van der Waals surface area contributed by atoms with Crippen LogP contribution in [0.1, 0.15) is 24.7 Å². The van der Waals surface area contributed by atoms with Gasteiger partial charge in [-0.25, -0.2) is 0 Å². The monoisotopic (exact) mass is 314 g/mol. The molecule has 0 aromatic carbocycles. The third kappa shape index (κ3) is 3.97. The molecule has 1 N–H and O–H groups in total. The number of rotatable bonds is 5. The standard InChI is InChI=1S/C15H27ClN4O/c1-5-20-14(15(16)11(2)17-20)9-13(21)8-12-10-18(3)6-7-19(12)4/h12-13,21H,5-10H2,1-4H3. The summed E-state index contributed by atoms with van der Waals surface area (Å²) in [6, 6.07) is 0.400. The summed E-state index contributed by atoms with van der Waals surface area (Å²) >= 11 is 6.32. The number of aliphatic hydroxyl groups is 1. The highest BCUT2D eigenvalue weighted by Gasteiger charge is 2.26. The van der Waals surface area contributed by atoms with Gasteiger partial charge in [0.25, 0.3) is 0 Å². The Kier molecular flexibility index (Phi) is 5.66. The van der Waals surface area contributed by atoms with Gasteiger partial charge >= 0.3 is 0 Å². The first kappa shape index (κ1) is 16.7. The molecule has 1 saturated heterocycles. The first-order chi connectivity index (χ1) is 9.92. The number of likely N-dealkylation sites (N-methyl/N-ethyl adjacent to an activating group) is 2. The highest BCUT2D eigenvalue weighted by Crippen LogP contribution is 2.23. The fourth-order valence-electron chi connectivity index (χ4n) is 3.04. The van der Waals surface area contributed by atoms with Crippen molar-refractivity contribution < 1.29 is 5.11 Å². The Hall–Kier alpha value is -0.620. The smallest absolute Gasteiger partial charge is 0.0848 e. The molecule has 0 aliphatic carbocycles. The number of hydrogen-bond acceptors (Lipinski definition) is 4. The lowest BCUT2D eigenvalue weighted by Gasteiger charge is -2.38. The van der Waals surface area contributed by atoms with E-state index in [4.69, 9.17) is 11.6 Å². The fraction of sp³-hybridized carbons (Fsp3) is 0.800. The van der Waals surface area contributed by atoms with Crippen molar-refractivity contribution >= 4 is 11.6 Å². The summed E-state index contributed by atoms with van der Waals surface area (Å²) in [7, 11) is 4.27. The maximum atomic E-state index is 10.5. The zero-order valence-electron chi connectivity index (χ0n) is 13.5. The van der Waals surface area contributed by atoms with Gasteiger partial charge in [0, 0.05) is 38.6 Å². The number of aliphatic hydroxyl groups excluding tert-OH is 1. The Balaban J connectivity index is 2.00. The van der Waals surface area contributed by atoms with E-state index in [1.807, 2.05) is 18.5 Å². The van der Waals surface area contributed by atoms with Gasteiger partial charge in [-0.2, -0.15) is 5.10 Å². The van der Waals surface area contributed by atoms with Gasteiger partial charge in [-0.1, -0.05) is 11.6 Å². The zero-order valence-corrected chi connectivity index (χ0v) is 14.3. The van der Waals surface area contributed by atoms with E-state index in [1.165, 1.54) is 0 Å². The quantitative estimate of drug-likeness (QED) is 0.892. The van der Waals surface area contributed by atoms with Crippen molar-refractivity contribution in [3.8, 4) is 0 Å². The summed E-state index contributed by atoms with van der Waals surface area (Å²) in [5, 5.41) is 15.6. The van der Waals surface area contributed by atoms with E-state index in [0.717, 1.165) is 44.0 Å². The van der Waals surface area contributed by atoms with Crippen LogP contribution in [0.3, 0.4) is 0 Å². The lowest BCUT2D eigenvalue weighted by atomic mass is 10.0. The van der Waals surface area contributed by atoms with E-state index in [0.29, 0.717) is 17.5 Å². The SMILES string of the molecule is CCn1nc(C)c(Cl)c1CC(O)CC1CN(C)CCN1C. The maximum absolute atomic E-state index is 10.5. The van der Waals surface area contributed by atoms with Crippen LogP contribution in [0.4, 0.5) is 0 Å². The molecule has 0 amide bonds. The zero-order chi connectivity index (χ0) is 15.6. The van der Waals surface area contributed by atoms with E-state index >= 15 is 0 Å². The lowest BCUT2D eigenvalue weighted by molar-refractivity contribution is 0.0631. The summed E-state index contributed by atoms with van der Waals surface area (Å²) in [6.07, 6.45) is 0.954. The van der Waals surface area contributed by atoms with E-state index in [-0.39, 0.29) is 6.10 Å². The molecule has 2 unspecified atom stereocenters. The van der Waals surface area contributed by atoms with Crippen molar-refractivity contribution in [1.29, 1.82) is 0 Å². The molecular weight excluding hydrogens is 288 g/mol. The highest BCUT2D eigenvalue weighted by atomic mass is 35.5. The van der Waals surface area contributed by atoms with Gasteiger partial charge in [-0.05, 0) is 34.4 Å². The van der Waals surface area contributed by atoms with Crippen LogP contribution < -0.4 is 0 Å². The Morgan fingerprint density at radius 1 is 1.38 bits per heavy atom. The number of halogens is 1. The average molecular weight is 315 g/mol. The minimum absolute atomic E-state index is 0.386. The molecule has 0 saturated carbocycles. The molecule has 120 valence electrons. The minimum Gasteiger partial charge on any atom is -0.393 e. The third-order valence-corrected chi connectivity index (χ3v) is 4.90. The molecule has 0 radical (unpaired) electrons. The molecule has 1 aliphatic heterocycles. The summed E-state index contributed by atoms with van der Waals surface area (Å²) in [5.41, 5.74) is 1.80. The molecular formula is C15H27ClN4O. The number of nitrogens with zero attached hydrogens (tertiary/aromatic N) is 4. The minimum atomic E-state index is -0.386. The predicted octanol–water partition coefficient (Wildman–Crippen LogP) is 1.40. The molecule has 6 heteroatoms. The molecule has 1 aromatic heterocycles. The average Bonchev–Trinajstić information content (AvgIpc) is 2.70. The van der Waals surface area contributed by atoms with E-state index < -0.39 is 0 Å². The van der Waals surface area contributed by atoms with Gasteiger partial charge < -0.3 is 14.9 Å². The molecule has 0 bridgehead atoms. The van der Waals surface area contributed by atoms with Crippen molar-refractivity contribution in [2.24, 2.45) is 0 Å². The maximum Gasteiger partial charge on any atom is 0.0848 e. The molecule has 1 fully saturated rings.